The number of rotatable bonds is 3. The van der Waals surface area contributed by atoms with Crippen LogP contribution in [0.1, 0.15) is 59.4 Å². The first-order chi connectivity index (χ1) is 9.77. The average Bonchev–Trinajstić information content (AvgIpc) is 2.57. The van der Waals surface area contributed by atoms with E-state index in [1.807, 2.05) is 12.4 Å². The van der Waals surface area contributed by atoms with Crippen LogP contribution in [0.5, 0.6) is 0 Å². The van der Waals surface area contributed by atoms with Crippen LogP contribution in [0.4, 0.5) is 5.69 Å². The molecule has 21 heavy (non-hydrogen) atoms. The molecule has 1 fully saturated rings. The first kappa shape index (κ1) is 16.3. The Labute approximate surface area is 130 Å². The van der Waals surface area contributed by atoms with Crippen LogP contribution < -0.4 is 10.2 Å². The quantitative estimate of drug-likeness (QED) is 0.912. The molecule has 0 aromatic carbocycles. The maximum atomic E-state index is 4.33. The van der Waals surface area contributed by atoms with Gasteiger partial charge >= 0.3 is 0 Å². The summed E-state index contributed by atoms with van der Waals surface area (Å²) in [4.78, 5) is 6.88. The van der Waals surface area contributed by atoms with Gasteiger partial charge in [0.2, 0.25) is 0 Å². The summed E-state index contributed by atoms with van der Waals surface area (Å²) < 4.78 is 0. The van der Waals surface area contributed by atoms with E-state index in [9.17, 15) is 0 Å². The van der Waals surface area contributed by atoms with E-state index in [1.54, 1.807) is 0 Å². The van der Waals surface area contributed by atoms with Crippen LogP contribution in [-0.4, -0.2) is 23.6 Å². The van der Waals surface area contributed by atoms with Crippen molar-refractivity contribution in [2.45, 2.75) is 66.0 Å². The van der Waals surface area contributed by atoms with Crippen molar-refractivity contribution in [1.82, 2.24) is 10.3 Å². The Morgan fingerprint density at radius 2 is 2.00 bits per heavy atom. The highest BCUT2D eigenvalue weighted by molar-refractivity contribution is 5.52. The Morgan fingerprint density at radius 1 is 1.24 bits per heavy atom. The third kappa shape index (κ3) is 4.99. The van der Waals surface area contributed by atoms with E-state index >= 15 is 0 Å². The Bertz CT molecular complexity index is 460. The van der Waals surface area contributed by atoms with Crippen molar-refractivity contribution in [2.75, 3.05) is 18.0 Å². The van der Waals surface area contributed by atoms with Gasteiger partial charge in [0.05, 0.1) is 0 Å². The van der Waals surface area contributed by atoms with Crippen LogP contribution in [0.3, 0.4) is 0 Å². The number of pyridine rings is 1. The standard InChI is InChI=1S/C18H31N3/c1-17(2,3)20-14-15-13-19-10-7-16(15)21-11-6-8-18(4,5)9-12-21/h7,10,13,20H,6,8-9,11-12,14H2,1-5H3. The number of anilines is 1. The zero-order valence-corrected chi connectivity index (χ0v) is 14.4. The second kappa shape index (κ2) is 6.35. The normalized spacial score (nSPS) is 19.4. The zero-order valence-electron chi connectivity index (χ0n) is 14.4. The molecular weight excluding hydrogens is 258 g/mol. The highest BCUT2D eigenvalue weighted by atomic mass is 15.1. The summed E-state index contributed by atoms with van der Waals surface area (Å²) in [6.07, 6.45) is 7.81. The zero-order chi connectivity index (χ0) is 15.5. The first-order valence-electron chi connectivity index (χ1n) is 8.20. The SMILES string of the molecule is CC1(C)CCCN(c2ccncc2CNC(C)(C)C)CC1. The Kier molecular flexibility index (Phi) is 4.92. The molecule has 0 bridgehead atoms. The van der Waals surface area contributed by atoms with Gasteiger partial charge < -0.3 is 10.2 Å². The molecule has 0 atom stereocenters. The van der Waals surface area contributed by atoms with Gasteiger partial charge in [0.1, 0.15) is 0 Å². The van der Waals surface area contributed by atoms with E-state index in [2.05, 4.69) is 55.9 Å². The van der Waals surface area contributed by atoms with Gasteiger partial charge in [-0.1, -0.05) is 13.8 Å². The number of hydrogen-bond donors (Lipinski definition) is 1. The molecule has 1 aliphatic rings. The van der Waals surface area contributed by atoms with Gasteiger partial charge in [-0.3, -0.25) is 4.98 Å². The monoisotopic (exact) mass is 289 g/mol. The number of nitrogens with one attached hydrogen (secondary N) is 1. The summed E-state index contributed by atoms with van der Waals surface area (Å²) in [5, 5.41) is 3.58. The Hall–Kier alpha value is -1.09. The molecule has 2 heterocycles. The lowest BCUT2D eigenvalue weighted by Gasteiger charge is -2.28. The molecule has 0 spiro atoms. The molecule has 3 nitrogen and oxygen atoms in total. The highest BCUT2D eigenvalue weighted by Gasteiger charge is 2.24. The van der Waals surface area contributed by atoms with Crippen LogP contribution in [0.25, 0.3) is 0 Å². The van der Waals surface area contributed by atoms with Crippen molar-refractivity contribution in [3.63, 3.8) is 0 Å². The maximum absolute atomic E-state index is 4.33. The fourth-order valence-electron chi connectivity index (χ4n) is 2.89. The van der Waals surface area contributed by atoms with Crippen molar-refractivity contribution < 1.29 is 0 Å². The minimum atomic E-state index is 0.133. The molecule has 1 aliphatic heterocycles. The van der Waals surface area contributed by atoms with E-state index in [4.69, 9.17) is 0 Å². The van der Waals surface area contributed by atoms with Crippen molar-refractivity contribution in [3.8, 4) is 0 Å². The third-order valence-electron chi connectivity index (χ3n) is 4.37. The lowest BCUT2D eigenvalue weighted by Crippen LogP contribution is -2.36. The molecule has 1 N–H and O–H groups in total. The average molecular weight is 289 g/mol. The minimum absolute atomic E-state index is 0.133. The van der Waals surface area contributed by atoms with E-state index < -0.39 is 0 Å². The summed E-state index contributed by atoms with van der Waals surface area (Å²) in [5.74, 6) is 0. The van der Waals surface area contributed by atoms with Crippen LogP contribution in [0, 0.1) is 5.41 Å². The van der Waals surface area contributed by atoms with Gasteiger partial charge in [-0.15, -0.1) is 0 Å². The number of hydrogen-bond acceptors (Lipinski definition) is 3. The molecule has 2 rings (SSSR count). The molecule has 0 saturated carbocycles. The summed E-state index contributed by atoms with van der Waals surface area (Å²) in [5.41, 5.74) is 3.28. The van der Waals surface area contributed by atoms with Crippen LogP contribution in [-0.2, 0) is 6.54 Å². The van der Waals surface area contributed by atoms with E-state index in [0.717, 1.165) is 19.6 Å². The Morgan fingerprint density at radius 3 is 2.71 bits per heavy atom. The smallest absolute Gasteiger partial charge is 0.0442 e. The summed E-state index contributed by atoms with van der Waals surface area (Å²) in [6, 6.07) is 2.18. The van der Waals surface area contributed by atoms with Gasteiger partial charge in [-0.2, -0.15) is 0 Å². The summed E-state index contributed by atoms with van der Waals surface area (Å²) in [6.45, 7) is 14.6. The fraction of sp³-hybridized carbons (Fsp3) is 0.722. The van der Waals surface area contributed by atoms with Crippen molar-refractivity contribution in [1.29, 1.82) is 0 Å². The Balaban J connectivity index is 2.12. The van der Waals surface area contributed by atoms with E-state index in [1.165, 1.54) is 30.5 Å². The van der Waals surface area contributed by atoms with Crippen LogP contribution in [0.2, 0.25) is 0 Å². The molecule has 118 valence electrons. The van der Waals surface area contributed by atoms with Gasteiger partial charge in [0, 0.05) is 48.8 Å². The van der Waals surface area contributed by atoms with Gasteiger partial charge in [-0.05, 0) is 51.5 Å². The van der Waals surface area contributed by atoms with Crippen molar-refractivity contribution in [3.05, 3.63) is 24.0 Å². The molecule has 0 unspecified atom stereocenters. The fourth-order valence-corrected chi connectivity index (χ4v) is 2.89. The van der Waals surface area contributed by atoms with Gasteiger partial charge in [0.15, 0.2) is 0 Å². The first-order valence-corrected chi connectivity index (χ1v) is 8.20. The molecule has 1 aromatic rings. The van der Waals surface area contributed by atoms with Crippen molar-refractivity contribution in [2.24, 2.45) is 5.41 Å². The molecule has 0 aliphatic carbocycles. The molecule has 0 amide bonds. The molecule has 1 aromatic heterocycles. The number of aromatic nitrogens is 1. The minimum Gasteiger partial charge on any atom is -0.371 e. The van der Waals surface area contributed by atoms with E-state index in [-0.39, 0.29) is 5.54 Å². The molecule has 1 saturated heterocycles. The molecule has 0 radical (unpaired) electrons. The topological polar surface area (TPSA) is 28.2 Å². The lowest BCUT2D eigenvalue weighted by molar-refractivity contribution is 0.325. The summed E-state index contributed by atoms with van der Waals surface area (Å²) in [7, 11) is 0. The predicted octanol–water partition coefficient (Wildman–Crippen LogP) is 3.99. The van der Waals surface area contributed by atoms with Crippen LogP contribution >= 0.6 is 0 Å². The third-order valence-corrected chi connectivity index (χ3v) is 4.37. The van der Waals surface area contributed by atoms with Crippen molar-refractivity contribution >= 4 is 5.69 Å². The second-order valence-electron chi connectivity index (χ2n) is 8.11. The van der Waals surface area contributed by atoms with Gasteiger partial charge in [0.25, 0.3) is 0 Å². The maximum Gasteiger partial charge on any atom is 0.0442 e. The molecule has 3 heteroatoms. The van der Waals surface area contributed by atoms with E-state index in [0.29, 0.717) is 5.41 Å². The predicted molar refractivity (Wildman–Crippen MR) is 90.7 cm³/mol. The molecular formula is C18H31N3. The number of nitrogens with zero attached hydrogens (tertiary/aromatic N) is 2. The second-order valence-corrected chi connectivity index (χ2v) is 8.11. The van der Waals surface area contributed by atoms with Gasteiger partial charge in [-0.25, -0.2) is 0 Å². The van der Waals surface area contributed by atoms with Crippen LogP contribution in [0.15, 0.2) is 18.5 Å². The summed E-state index contributed by atoms with van der Waals surface area (Å²) >= 11 is 0. The highest BCUT2D eigenvalue weighted by Crippen LogP contribution is 2.32. The lowest BCUT2D eigenvalue weighted by atomic mass is 9.85. The largest absolute Gasteiger partial charge is 0.371 e.